The van der Waals surface area contributed by atoms with Crippen LogP contribution in [0.1, 0.15) is 45.4 Å². The zero-order chi connectivity index (χ0) is 11.1. The van der Waals surface area contributed by atoms with Gasteiger partial charge in [-0.25, -0.2) is 0 Å². The molecule has 15 heavy (non-hydrogen) atoms. The van der Waals surface area contributed by atoms with Crippen LogP contribution in [0.4, 0.5) is 0 Å². The fourth-order valence-electron chi connectivity index (χ4n) is 2.11. The molecule has 0 N–H and O–H groups in total. The quantitative estimate of drug-likeness (QED) is 0.510. The fourth-order valence-corrected chi connectivity index (χ4v) is 2.11. The van der Waals surface area contributed by atoms with Crippen LogP contribution < -0.4 is 0 Å². The maximum atomic E-state index is 11.6. The summed E-state index contributed by atoms with van der Waals surface area (Å²) in [5.74, 6) is 0.630. The Morgan fingerprint density at radius 3 is 3.07 bits per heavy atom. The number of nitrogens with zero attached hydrogens (tertiary/aromatic N) is 1. The van der Waals surface area contributed by atoms with Crippen molar-refractivity contribution in [3.05, 3.63) is 12.2 Å². The molecule has 2 atom stereocenters. The van der Waals surface area contributed by atoms with Gasteiger partial charge in [-0.15, -0.1) is 0 Å². The van der Waals surface area contributed by atoms with E-state index in [9.17, 15) is 4.79 Å². The average Bonchev–Trinajstić information content (AvgIpc) is 2.56. The molecule has 1 rings (SSSR count). The number of carbonyl (C=O) groups is 1. The first kappa shape index (κ1) is 12.0. The number of hydrogen-bond donors (Lipinski definition) is 0. The summed E-state index contributed by atoms with van der Waals surface area (Å²) in [6, 6.07) is 2.18. The lowest BCUT2D eigenvalue weighted by molar-refractivity contribution is -0.119. The summed E-state index contributed by atoms with van der Waals surface area (Å²) < 4.78 is 0. The predicted molar refractivity (Wildman–Crippen MR) is 60.1 cm³/mol. The van der Waals surface area contributed by atoms with Gasteiger partial charge in [0.1, 0.15) is 5.78 Å². The van der Waals surface area contributed by atoms with Crippen LogP contribution in [0.2, 0.25) is 0 Å². The third-order valence-electron chi connectivity index (χ3n) is 3.06. The van der Waals surface area contributed by atoms with E-state index in [1.165, 1.54) is 12.8 Å². The molecule has 0 bridgehead atoms. The first-order valence-electron chi connectivity index (χ1n) is 5.86. The smallest absolute Gasteiger partial charge is 0.140 e. The molecule has 0 saturated heterocycles. The molecule has 0 aromatic carbocycles. The second-order valence-corrected chi connectivity index (χ2v) is 4.22. The van der Waals surface area contributed by atoms with Crippen molar-refractivity contribution in [2.45, 2.75) is 45.4 Å². The average molecular weight is 205 g/mol. The van der Waals surface area contributed by atoms with Crippen molar-refractivity contribution in [1.29, 1.82) is 5.26 Å². The molecule has 0 radical (unpaired) electrons. The third kappa shape index (κ3) is 3.51. The maximum absolute atomic E-state index is 11.6. The minimum absolute atomic E-state index is 0.0292. The van der Waals surface area contributed by atoms with Gasteiger partial charge in [0.05, 0.1) is 6.07 Å². The third-order valence-corrected chi connectivity index (χ3v) is 3.06. The van der Waals surface area contributed by atoms with Gasteiger partial charge in [-0.3, -0.25) is 4.79 Å². The molecule has 0 aromatic heterocycles. The molecule has 0 amide bonds. The van der Waals surface area contributed by atoms with Crippen molar-refractivity contribution in [2.75, 3.05) is 0 Å². The van der Waals surface area contributed by atoms with E-state index in [0.717, 1.165) is 12.8 Å². The van der Waals surface area contributed by atoms with Gasteiger partial charge >= 0.3 is 0 Å². The number of carbonyl (C=O) groups excluding carboxylic acids is 1. The number of allylic oxidation sites excluding steroid dienone is 2. The lowest BCUT2D eigenvalue weighted by atomic mass is 9.92. The zero-order valence-corrected chi connectivity index (χ0v) is 9.41. The number of unbranched alkanes of at least 4 members (excludes halogenated alkanes) is 2. The van der Waals surface area contributed by atoms with Gasteiger partial charge in [-0.2, -0.15) is 5.26 Å². The summed E-state index contributed by atoms with van der Waals surface area (Å²) in [6.45, 7) is 2.16. The summed E-state index contributed by atoms with van der Waals surface area (Å²) in [4.78, 5) is 11.6. The second kappa shape index (κ2) is 6.40. The molecule has 2 nitrogen and oxygen atoms in total. The Balaban J connectivity index is 2.46. The molecular weight excluding hydrogens is 186 g/mol. The maximum Gasteiger partial charge on any atom is 0.140 e. The van der Waals surface area contributed by atoms with Gasteiger partial charge < -0.3 is 0 Å². The normalized spacial score (nSPS) is 26.0. The van der Waals surface area contributed by atoms with Gasteiger partial charge in [-0.05, 0) is 18.8 Å². The van der Waals surface area contributed by atoms with Crippen LogP contribution in [0.5, 0.6) is 0 Å². The van der Waals surface area contributed by atoms with Crippen molar-refractivity contribution in [3.8, 4) is 6.07 Å². The topological polar surface area (TPSA) is 40.9 Å². The largest absolute Gasteiger partial charge is 0.299 e. The van der Waals surface area contributed by atoms with Crippen molar-refractivity contribution in [3.63, 3.8) is 0 Å². The highest BCUT2D eigenvalue weighted by Crippen LogP contribution is 2.32. The van der Waals surface area contributed by atoms with Crippen LogP contribution in [0.25, 0.3) is 0 Å². The summed E-state index contributed by atoms with van der Waals surface area (Å²) >= 11 is 0. The Bertz CT molecular complexity index is 275. The summed E-state index contributed by atoms with van der Waals surface area (Å²) in [7, 11) is 0. The first-order valence-corrected chi connectivity index (χ1v) is 5.86. The Hall–Kier alpha value is -1.10. The standard InChI is InChI=1S/C13H19NO/c1-2-3-4-5-6-12-11(9-10-14)7-8-13(12)15/h5-6,11-12H,2-4,7-9H2,1H3. The van der Waals surface area contributed by atoms with E-state index in [1.54, 1.807) is 0 Å². The fraction of sp³-hybridized carbons (Fsp3) is 0.692. The van der Waals surface area contributed by atoms with Crippen molar-refractivity contribution in [2.24, 2.45) is 11.8 Å². The van der Waals surface area contributed by atoms with Crippen LogP contribution in [-0.4, -0.2) is 5.78 Å². The summed E-state index contributed by atoms with van der Waals surface area (Å²) in [5.41, 5.74) is 0. The Kier molecular flexibility index (Phi) is 5.10. The second-order valence-electron chi connectivity index (χ2n) is 4.22. The van der Waals surface area contributed by atoms with Crippen LogP contribution in [-0.2, 0) is 4.79 Å². The minimum atomic E-state index is 0.0292. The number of rotatable bonds is 5. The van der Waals surface area contributed by atoms with Crippen LogP contribution >= 0.6 is 0 Å². The molecule has 0 spiro atoms. The molecule has 82 valence electrons. The van der Waals surface area contributed by atoms with E-state index >= 15 is 0 Å². The Morgan fingerprint density at radius 2 is 2.40 bits per heavy atom. The van der Waals surface area contributed by atoms with E-state index in [-0.39, 0.29) is 11.8 Å². The zero-order valence-electron chi connectivity index (χ0n) is 9.41. The molecule has 1 aliphatic rings. The van der Waals surface area contributed by atoms with Crippen molar-refractivity contribution in [1.82, 2.24) is 0 Å². The highest BCUT2D eigenvalue weighted by Gasteiger charge is 2.31. The van der Waals surface area contributed by atoms with Crippen LogP contribution in [0.15, 0.2) is 12.2 Å². The molecule has 2 heteroatoms. The van der Waals surface area contributed by atoms with Gasteiger partial charge in [-0.1, -0.05) is 31.9 Å². The molecule has 0 heterocycles. The Labute approximate surface area is 92.0 Å². The lowest BCUT2D eigenvalue weighted by Gasteiger charge is -2.10. The minimum Gasteiger partial charge on any atom is -0.299 e. The highest BCUT2D eigenvalue weighted by atomic mass is 16.1. The van der Waals surface area contributed by atoms with E-state index in [4.69, 9.17) is 5.26 Å². The lowest BCUT2D eigenvalue weighted by Crippen LogP contribution is -2.11. The monoisotopic (exact) mass is 205 g/mol. The molecule has 1 fully saturated rings. The van der Waals surface area contributed by atoms with Gasteiger partial charge in [0.15, 0.2) is 0 Å². The van der Waals surface area contributed by atoms with Crippen molar-refractivity contribution >= 4 is 5.78 Å². The van der Waals surface area contributed by atoms with Crippen molar-refractivity contribution < 1.29 is 4.79 Å². The van der Waals surface area contributed by atoms with Crippen LogP contribution in [0, 0.1) is 23.2 Å². The number of hydrogen-bond acceptors (Lipinski definition) is 2. The van der Waals surface area contributed by atoms with E-state index < -0.39 is 0 Å². The molecule has 0 aliphatic heterocycles. The van der Waals surface area contributed by atoms with E-state index in [1.807, 2.05) is 6.08 Å². The molecule has 1 aliphatic carbocycles. The molecule has 2 unspecified atom stereocenters. The molecule has 0 aromatic rings. The highest BCUT2D eigenvalue weighted by molar-refractivity contribution is 5.85. The van der Waals surface area contributed by atoms with Gasteiger partial charge in [0.25, 0.3) is 0 Å². The van der Waals surface area contributed by atoms with E-state index in [2.05, 4.69) is 19.1 Å². The molecule has 1 saturated carbocycles. The van der Waals surface area contributed by atoms with E-state index in [0.29, 0.717) is 18.6 Å². The summed E-state index contributed by atoms with van der Waals surface area (Å²) in [5, 5.41) is 8.65. The van der Waals surface area contributed by atoms with Gasteiger partial charge in [0.2, 0.25) is 0 Å². The molecular formula is C13H19NO. The summed E-state index contributed by atoms with van der Waals surface area (Å²) in [6.07, 6.45) is 9.65. The van der Waals surface area contributed by atoms with Gasteiger partial charge in [0, 0.05) is 18.8 Å². The Morgan fingerprint density at radius 1 is 1.60 bits per heavy atom. The number of Topliss-reactive ketones (excluding diaryl/α,β-unsaturated/α-hetero) is 1. The SMILES string of the molecule is CCCCC=CC1C(=O)CCC1CC#N. The number of ketones is 1. The number of nitriles is 1. The first-order chi connectivity index (χ1) is 7.29. The predicted octanol–water partition coefficient (Wildman–Crippen LogP) is 3.24. The van der Waals surface area contributed by atoms with Crippen LogP contribution in [0.3, 0.4) is 0 Å².